The van der Waals surface area contributed by atoms with Crippen LogP contribution in [0.2, 0.25) is 0 Å². The van der Waals surface area contributed by atoms with E-state index >= 15 is 0 Å². The minimum atomic E-state index is 0.378. The third-order valence-electron chi connectivity index (χ3n) is 3.20. The van der Waals surface area contributed by atoms with Gasteiger partial charge in [-0.25, -0.2) is 0 Å². The third-order valence-corrected chi connectivity index (χ3v) is 3.20. The number of rotatable bonds is 7. The molecule has 0 amide bonds. The van der Waals surface area contributed by atoms with Crippen molar-refractivity contribution in [3.8, 4) is 5.75 Å². The molecule has 1 N–H and O–H groups in total. The molecule has 0 spiro atoms. The zero-order chi connectivity index (χ0) is 12.8. The van der Waals surface area contributed by atoms with Crippen LogP contribution in [-0.4, -0.2) is 30.0 Å². The van der Waals surface area contributed by atoms with E-state index in [9.17, 15) is 0 Å². The summed E-state index contributed by atoms with van der Waals surface area (Å²) in [6, 6.07) is 0.943. The van der Waals surface area contributed by atoms with E-state index in [1.807, 2.05) is 13.2 Å². The van der Waals surface area contributed by atoms with Crippen molar-refractivity contribution in [2.24, 2.45) is 0 Å². The maximum Gasteiger partial charge on any atom is 0.159 e. The lowest BCUT2D eigenvalue weighted by Gasteiger charge is -2.16. The molecule has 1 aromatic rings. The van der Waals surface area contributed by atoms with Gasteiger partial charge in [-0.2, -0.15) is 5.10 Å². The van der Waals surface area contributed by atoms with Crippen LogP contribution >= 0.6 is 0 Å². The van der Waals surface area contributed by atoms with Gasteiger partial charge in [-0.1, -0.05) is 6.92 Å². The Balaban J connectivity index is 2.76. The van der Waals surface area contributed by atoms with E-state index in [4.69, 9.17) is 4.74 Å². The van der Waals surface area contributed by atoms with Crippen molar-refractivity contribution in [1.82, 2.24) is 15.1 Å². The minimum absolute atomic E-state index is 0.378. The van der Waals surface area contributed by atoms with Crippen LogP contribution in [0.4, 0.5) is 0 Å². The second-order valence-electron chi connectivity index (χ2n) is 4.63. The summed E-state index contributed by atoms with van der Waals surface area (Å²) >= 11 is 0. The first-order valence-electron chi connectivity index (χ1n) is 6.41. The summed E-state index contributed by atoms with van der Waals surface area (Å²) in [5.74, 6) is 0.907. The van der Waals surface area contributed by atoms with Crippen molar-refractivity contribution < 1.29 is 4.74 Å². The Morgan fingerprint density at radius 1 is 1.47 bits per heavy atom. The molecule has 0 aromatic carbocycles. The lowest BCUT2D eigenvalue weighted by molar-refractivity contribution is 0.399. The van der Waals surface area contributed by atoms with Crippen LogP contribution in [0.3, 0.4) is 0 Å². The quantitative estimate of drug-likeness (QED) is 0.794. The largest absolute Gasteiger partial charge is 0.493 e. The average Bonchev–Trinajstić information content (AvgIpc) is 2.73. The van der Waals surface area contributed by atoms with E-state index in [0.717, 1.165) is 25.0 Å². The monoisotopic (exact) mass is 239 g/mol. The molecule has 1 atom stereocenters. The smallest absolute Gasteiger partial charge is 0.159 e. The highest BCUT2D eigenvalue weighted by Crippen LogP contribution is 2.23. The Labute approximate surface area is 104 Å². The highest BCUT2D eigenvalue weighted by Gasteiger charge is 2.14. The van der Waals surface area contributed by atoms with Crippen molar-refractivity contribution in [1.29, 1.82) is 0 Å². The highest BCUT2D eigenvalue weighted by molar-refractivity contribution is 5.25. The molecule has 0 fully saturated rings. The van der Waals surface area contributed by atoms with Gasteiger partial charge in [0.1, 0.15) is 0 Å². The van der Waals surface area contributed by atoms with Crippen LogP contribution in [0, 0.1) is 0 Å². The molecule has 0 radical (unpaired) electrons. The maximum absolute atomic E-state index is 5.37. The van der Waals surface area contributed by atoms with Gasteiger partial charge in [0.25, 0.3) is 0 Å². The molecule has 4 heteroatoms. The van der Waals surface area contributed by atoms with E-state index in [2.05, 4.69) is 35.9 Å². The second kappa shape index (κ2) is 6.64. The molecule has 4 nitrogen and oxygen atoms in total. The number of nitrogens with one attached hydrogen (secondary N) is 1. The maximum atomic E-state index is 5.37. The van der Waals surface area contributed by atoms with Gasteiger partial charge < -0.3 is 10.1 Å². The summed E-state index contributed by atoms with van der Waals surface area (Å²) in [6.45, 7) is 6.49. The predicted molar refractivity (Wildman–Crippen MR) is 70.6 cm³/mol. The Bertz CT molecular complexity index is 329. The fraction of sp³-hybridized carbons (Fsp3) is 0.769. The van der Waals surface area contributed by atoms with Crippen LogP contribution in [0.5, 0.6) is 5.75 Å². The molecule has 17 heavy (non-hydrogen) atoms. The highest BCUT2D eigenvalue weighted by atomic mass is 16.5. The first-order chi connectivity index (χ1) is 8.13. The van der Waals surface area contributed by atoms with Crippen LogP contribution in [0.1, 0.15) is 45.3 Å². The molecule has 0 aliphatic rings. The molecule has 1 unspecified atom stereocenters. The Morgan fingerprint density at radius 3 is 2.65 bits per heavy atom. The molecule has 0 saturated carbocycles. The van der Waals surface area contributed by atoms with Gasteiger partial charge in [-0.05, 0) is 40.2 Å². The first-order valence-corrected chi connectivity index (χ1v) is 6.41. The van der Waals surface area contributed by atoms with E-state index in [1.54, 1.807) is 7.11 Å². The van der Waals surface area contributed by atoms with Gasteiger partial charge in [0.2, 0.25) is 0 Å². The number of hydrogen-bond donors (Lipinski definition) is 1. The molecule has 0 aliphatic heterocycles. The minimum Gasteiger partial charge on any atom is -0.493 e. The lowest BCUT2D eigenvalue weighted by Crippen LogP contribution is -2.25. The van der Waals surface area contributed by atoms with Gasteiger partial charge in [0, 0.05) is 12.1 Å². The average molecular weight is 239 g/mol. The van der Waals surface area contributed by atoms with Gasteiger partial charge in [-0.15, -0.1) is 0 Å². The fourth-order valence-electron chi connectivity index (χ4n) is 2.09. The summed E-state index contributed by atoms with van der Waals surface area (Å²) in [6.07, 6.45) is 5.08. The predicted octanol–water partition coefficient (Wildman–Crippen LogP) is 2.40. The number of hydrogen-bond acceptors (Lipinski definition) is 3. The summed E-state index contributed by atoms with van der Waals surface area (Å²) in [7, 11) is 3.73. The van der Waals surface area contributed by atoms with Crippen LogP contribution in [-0.2, 0) is 6.42 Å². The topological polar surface area (TPSA) is 39.1 Å². The second-order valence-corrected chi connectivity index (χ2v) is 4.63. The van der Waals surface area contributed by atoms with E-state index < -0.39 is 0 Å². The van der Waals surface area contributed by atoms with E-state index in [0.29, 0.717) is 12.1 Å². The molecular formula is C13H25N3O. The lowest BCUT2D eigenvalue weighted by atomic mass is 10.1. The van der Waals surface area contributed by atoms with Crippen LogP contribution in [0.25, 0.3) is 0 Å². The Morgan fingerprint density at radius 2 is 2.18 bits per heavy atom. The van der Waals surface area contributed by atoms with E-state index in [1.165, 1.54) is 5.69 Å². The number of methoxy groups -OCH3 is 1. The Kier molecular flexibility index (Phi) is 5.48. The van der Waals surface area contributed by atoms with Crippen LogP contribution < -0.4 is 10.1 Å². The number of aromatic nitrogens is 2. The summed E-state index contributed by atoms with van der Waals surface area (Å²) in [4.78, 5) is 0. The summed E-state index contributed by atoms with van der Waals surface area (Å²) in [5.41, 5.74) is 1.20. The first kappa shape index (κ1) is 14.0. The molecule has 0 saturated heterocycles. The molecule has 0 bridgehead atoms. The third kappa shape index (κ3) is 3.46. The van der Waals surface area contributed by atoms with Crippen LogP contribution in [0.15, 0.2) is 6.20 Å². The van der Waals surface area contributed by atoms with Gasteiger partial charge in [0.05, 0.1) is 19.0 Å². The van der Waals surface area contributed by atoms with Gasteiger partial charge in [0.15, 0.2) is 5.75 Å². The molecule has 1 aromatic heterocycles. The van der Waals surface area contributed by atoms with E-state index in [-0.39, 0.29) is 0 Å². The summed E-state index contributed by atoms with van der Waals surface area (Å²) in [5, 5.41) is 7.72. The Hall–Kier alpha value is -1.03. The van der Waals surface area contributed by atoms with Gasteiger partial charge >= 0.3 is 0 Å². The van der Waals surface area contributed by atoms with Gasteiger partial charge in [-0.3, -0.25) is 4.68 Å². The molecule has 1 rings (SSSR count). The summed E-state index contributed by atoms with van der Waals surface area (Å²) < 4.78 is 7.43. The zero-order valence-corrected chi connectivity index (χ0v) is 11.7. The van der Waals surface area contributed by atoms with Crippen molar-refractivity contribution in [3.63, 3.8) is 0 Å². The van der Waals surface area contributed by atoms with Crippen molar-refractivity contribution in [3.05, 3.63) is 11.9 Å². The molecule has 98 valence electrons. The molecular weight excluding hydrogens is 214 g/mol. The number of ether oxygens (including phenoxy) is 1. The zero-order valence-electron chi connectivity index (χ0n) is 11.7. The van der Waals surface area contributed by atoms with Crippen molar-refractivity contribution in [2.45, 2.75) is 52.1 Å². The molecule has 1 heterocycles. The van der Waals surface area contributed by atoms with Crippen molar-refractivity contribution >= 4 is 0 Å². The fourth-order valence-corrected chi connectivity index (χ4v) is 2.09. The standard InChI is InChI=1S/C13H25N3O/c1-6-11(14-4)7-8-12-13(17-5)9-15-16(12)10(2)3/h9-11,14H,6-8H2,1-5H3. The molecule has 0 aliphatic carbocycles. The SMILES string of the molecule is CCC(CCc1c(OC)cnn1C(C)C)NC. The number of nitrogens with zero attached hydrogens (tertiary/aromatic N) is 2. The van der Waals surface area contributed by atoms with Crippen molar-refractivity contribution in [2.75, 3.05) is 14.2 Å². The normalized spacial score (nSPS) is 13.1.